The number of nitrogens with one attached hydrogen (secondary N) is 2. The fourth-order valence-electron chi connectivity index (χ4n) is 5.27. The van der Waals surface area contributed by atoms with Gasteiger partial charge in [0.25, 0.3) is 0 Å². The summed E-state index contributed by atoms with van der Waals surface area (Å²) in [6, 6.07) is 13.1. The molecule has 0 saturated heterocycles. The van der Waals surface area contributed by atoms with E-state index in [9.17, 15) is 9.18 Å². The van der Waals surface area contributed by atoms with Gasteiger partial charge in [0.1, 0.15) is 29.7 Å². The normalized spacial score (nSPS) is 16.1. The Bertz CT molecular complexity index is 1760. The van der Waals surface area contributed by atoms with Gasteiger partial charge in [-0.3, -0.25) is 4.79 Å². The van der Waals surface area contributed by atoms with Crippen LogP contribution >= 0.6 is 0 Å². The van der Waals surface area contributed by atoms with Gasteiger partial charge in [-0.05, 0) is 45.0 Å². The fourth-order valence-corrected chi connectivity index (χ4v) is 5.27. The summed E-state index contributed by atoms with van der Waals surface area (Å²) in [5, 5.41) is 0.840. The monoisotopic (exact) mass is 543 g/mol. The zero-order valence-electron chi connectivity index (χ0n) is 22.2. The molecule has 0 fully saturated rings. The van der Waals surface area contributed by atoms with Gasteiger partial charge in [0, 0.05) is 51.7 Å². The number of fused-ring (bicyclic) bond motifs is 2. The van der Waals surface area contributed by atoms with Crippen molar-refractivity contribution in [2.45, 2.75) is 32.6 Å². The van der Waals surface area contributed by atoms with E-state index in [1.54, 1.807) is 26.2 Å². The molecule has 3 aromatic carbocycles. The Balaban J connectivity index is 1.31. The van der Waals surface area contributed by atoms with Gasteiger partial charge in [-0.1, -0.05) is 18.2 Å². The van der Waals surface area contributed by atoms with Crippen LogP contribution in [-0.2, 0) is 21.4 Å². The Kier molecular flexibility index (Phi) is 6.29. The van der Waals surface area contributed by atoms with Crippen molar-refractivity contribution in [3.8, 4) is 28.6 Å². The number of benzene rings is 3. The molecule has 0 bridgehead atoms. The number of halogens is 2. The second kappa shape index (κ2) is 9.82. The minimum Gasteiger partial charge on any atom is -0.492 e. The Hall–Kier alpha value is -4.66. The molecule has 6 rings (SSSR count). The molecule has 0 radical (unpaired) electrons. The molecule has 0 saturated carbocycles. The van der Waals surface area contributed by atoms with E-state index in [-0.39, 0.29) is 29.5 Å². The summed E-state index contributed by atoms with van der Waals surface area (Å²) >= 11 is 0. The first-order valence-electron chi connectivity index (χ1n) is 13.0. The lowest BCUT2D eigenvalue weighted by Gasteiger charge is -2.21. The summed E-state index contributed by atoms with van der Waals surface area (Å²) in [5.74, 6) is -0.0461. The van der Waals surface area contributed by atoms with E-state index in [0.29, 0.717) is 35.9 Å². The van der Waals surface area contributed by atoms with Gasteiger partial charge in [-0.15, -0.1) is 0 Å². The van der Waals surface area contributed by atoms with Crippen LogP contribution in [0.1, 0.15) is 36.2 Å². The molecular weight excluding hydrogens is 516 g/mol. The summed E-state index contributed by atoms with van der Waals surface area (Å²) in [6.07, 6.45) is 3.50. The molecule has 1 unspecified atom stereocenters. The van der Waals surface area contributed by atoms with Crippen LogP contribution in [0.15, 0.2) is 60.9 Å². The summed E-state index contributed by atoms with van der Waals surface area (Å²) in [6.45, 7) is 6.17. The van der Waals surface area contributed by atoms with Crippen LogP contribution in [0.5, 0.6) is 17.2 Å². The van der Waals surface area contributed by atoms with E-state index in [0.717, 1.165) is 22.2 Å². The SMILES string of the molecule is CCOC(=O)Cc1cccc2c1OCC2(C)c1cnc(-c2cc(Oc3c(F)cc4[nH]ccc4c3C)ccc2F)[nH]1. The molecule has 3 heterocycles. The van der Waals surface area contributed by atoms with Gasteiger partial charge in [-0.25, -0.2) is 13.8 Å². The van der Waals surface area contributed by atoms with E-state index < -0.39 is 17.0 Å². The van der Waals surface area contributed by atoms with Crippen molar-refractivity contribution in [1.29, 1.82) is 0 Å². The molecular formula is C31H27F2N3O4. The number of aromatic amines is 2. The Morgan fingerprint density at radius 3 is 2.83 bits per heavy atom. The van der Waals surface area contributed by atoms with Gasteiger partial charge in [0.2, 0.25) is 0 Å². The lowest BCUT2D eigenvalue weighted by Crippen LogP contribution is -2.25. The molecule has 0 aliphatic carbocycles. The summed E-state index contributed by atoms with van der Waals surface area (Å²) in [4.78, 5) is 22.8. The smallest absolute Gasteiger partial charge is 0.310 e. The number of nitrogens with zero attached hydrogens (tertiary/aromatic N) is 1. The van der Waals surface area contributed by atoms with E-state index in [1.165, 1.54) is 24.3 Å². The maximum atomic E-state index is 15.0. The molecule has 1 atom stereocenters. The highest BCUT2D eigenvalue weighted by molar-refractivity contribution is 5.85. The van der Waals surface area contributed by atoms with Crippen molar-refractivity contribution in [2.75, 3.05) is 13.2 Å². The lowest BCUT2D eigenvalue weighted by atomic mass is 9.81. The van der Waals surface area contributed by atoms with E-state index >= 15 is 4.39 Å². The van der Waals surface area contributed by atoms with Gasteiger partial charge in [0.15, 0.2) is 11.6 Å². The number of hydrogen-bond acceptors (Lipinski definition) is 5. The molecule has 0 amide bonds. The highest BCUT2D eigenvalue weighted by Gasteiger charge is 2.41. The first-order chi connectivity index (χ1) is 19.3. The van der Waals surface area contributed by atoms with Crippen LogP contribution in [0.25, 0.3) is 22.3 Å². The number of rotatable bonds is 7. The molecule has 1 aliphatic rings. The maximum Gasteiger partial charge on any atom is 0.310 e. The zero-order chi connectivity index (χ0) is 28.0. The number of imidazole rings is 1. The van der Waals surface area contributed by atoms with Crippen LogP contribution in [0.4, 0.5) is 8.78 Å². The molecule has 0 spiro atoms. The van der Waals surface area contributed by atoms with Gasteiger partial charge >= 0.3 is 5.97 Å². The minimum absolute atomic E-state index is 0.0793. The second-order valence-corrected chi connectivity index (χ2v) is 10.0. The van der Waals surface area contributed by atoms with Crippen LogP contribution in [0.2, 0.25) is 0 Å². The molecule has 5 aromatic rings. The van der Waals surface area contributed by atoms with Crippen molar-refractivity contribution in [3.63, 3.8) is 0 Å². The number of carbonyl (C=O) groups excluding carboxylic acids is 1. The van der Waals surface area contributed by atoms with E-state index in [1.807, 2.05) is 31.2 Å². The van der Waals surface area contributed by atoms with Crippen molar-refractivity contribution in [3.05, 3.63) is 94.9 Å². The zero-order valence-corrected chi connectivity index (χ0v) is 22.2. The van der Waals surface area contributed by atoms with Gasteiger partial charge in [-0.2, -0.15) is 0 Å². The minimum atomic E-state index is -0.609. The highest BCUT2D eigenvalue weighted by atomic mass is 19.1. The summed E-state index contributed by atoms with van der Waals surface area (Å²) in [7, 11) is 0. The maximum absolute atomic E-state index is 15.0. The lowest BCUT2D eigenvalue weighted by molar-refractivity contribution is -0.142. The number of esters is 1. The predicted molar refractivity (Wildman–Crippen MR) is 146 cm³/mol. The van der Waals surface area contributed by atoms with E-state index in [4.69, 9.17) is 14.2 Å². The van der Waals surface area contributed by atoms with Crippen LogP contribution in [-0.4, -0.2) is 34.1 Å². The predicted octanol–water partition coefficient (Wildman–Crippen LogP) is 6.74. The summed E-state index contributed by atoms with van der Waals surface area (Å²) < 4.78 is 46.9. The molecule has 2 aromatic heterocycles. The third kappa shape index (κ3) is 4.27. The topological polar surface area (TPSA) is 89.2 Å². The molecule has 204 valence electrons. The van der Waals surface area contributed by atoms with Crippen molar-refractivity contribution < 1.29 is 27.8 Å². The van der Waals surface area contributed by atoms with Crippen molar-refractivity contribution in [2.24, 2.45) is 0 Å². The van der Waals surface area contributed by atoms with Crippen LogP contribution < -0.4 is 9.47 Å². The van der Waals surface area contributed by atoms with Crippen LogP contribution in [0.3, 0.4) is 0 Å². The second-order valence-electron chi connectivity index (χ2n) is 10.0. The standard InChI is InChI=1S/C31H27F2N3O4/c1-4-38-27(37)12-18-6-5-7-22-29(18)39-16-31(22,3)26-15-35-30(36-26)21-13-19(8-9-23(21)32)40-28-17(2)20-10-11-34-25(20)14-24(28)33/h5-11,13-15,34H,4,12,16H2,1-3H3,(H,35,36). The molecule has 1 aliphatic heterocycles. The largest absolute Gasteiger partial charge is 0.492 e. The number of hydrogen-bond donors (Lipinski definition) is 2. The Morgan fingerprint density at radius 2 is 2.00 bits per heavy atom. The number of ether oxygens (including phenoxy) is 3. The third-order valence-corrected chi connectivity index (χ3v) is 7.43. The van der Waals surface area contributed by atoms with E-state index in [2.05, 4.69) is 15.0 Å². The van der Waals surface area contributed by atoms with Gasteiger partial charge < -0.3 is 24.2 Å². The molecule has 9 heteroatoms. The van der Waals surface area contributed by atoms with Crippen molar-refractivity contribution in [1.82, 2.24) is 15.0 Å². The number of H-pyrrole nitrogens is 2. The van der Waals surface area contributed by atoms with Crippen molar-refractivity contribution >= 4 is 16.9 Å². The average Bonchev–Trinajstić information content (AvgIpc) is 3.68. The quantitative estimate of drug-likeness (QED) is 0.222. The average molecular weight is 544 g/mol. The number of aryl methyl sites for hydroxylation is 1. The van der Waals surface area contributed by atoms with Crippen LogP contribution in [0, 0.1) is 18.6 Å². The summed E-state index contributed by atoms with van der Waals surface area (Å²) in [5.41, 5.74) is 3.25. The van der Waals surface area contributed by atoms with Gasteiger partial charge in [0.05, 0.1) is 24.0 Å². The fraction of sp³-hybridized carbons (Fsp3) is 0.226. The molecule has 2 N–H and O–H groups in total. The highest BCUT2D eigenvalue weighted by Crippen LogP contribution is 2.45. The third-order valence-electron chi connectivity index (χ3n) is 7.43. The molecule has 7 nitrogen and oxygen atoms in total. The Labute approximate surface area is 229 Å². The molecule has 40 heavy (non-hydrogen) atoms. The number of carbonyl (C=O) groups is 1. The number of aromatic nitrogens is 3. The Morgan fingerprint density at radius 1 is 1.15 bits per heavy atom. The first-order valence-corrected chi connectivity index (χ1v) is 13.0. The number of para-hydroxylation sites is 1. The first kappa shape index (κ1) is 25.6.